The summed E-state index contributed by atoms with van der Waals surface area (Å²) in [4.78, 5) is 24.4. The normalized spacial score (nSPS) is 17.8. The van der Waals surface area contributed by atoms with Crippen LogP contribution < -0.4 is 0 Å². The van der Waals surface area contributed by atoms with E-state index in [2.05, 4.69) is 0 Å². The Morgan fingerprint density at radius 3 is 2.68 bits per heavy atom. The molecule has 25 heavy (non-hydrogen) atoms. The Kier molecular flexibility index (Phi) is 4.26. The highest BCUT2D eigenvalue weighted by Gasteiger charge is 2.38. The number of fused-ring (bicyclic) bond motifs is 1. The summed E-state index contributed by atoms with van der Waals surface area (Å²) in [5.74, 6) is -0.753. The van der Waals surface area contributed by atoms with Crippen LogP contribution in [0.4, 0.5) is 5.69 Å². The largest absolute Gasteiger partial charge is 0.334 e. The van der Waals surface area contributed by atoms with Crippen LogP contribution in [-0.2, 0) is 9.84 Å². The van der Waals surface area contributed by atoms with Crippen LogP contribution in [0, 0.1) is 10.1 Å². The molecule has 0 fully saturated rings. The molecule has 0 radical (unpaired) electrons. The first kappa shape index (κ1) is 17.4. The SMILES string of the molecule is CN(C(=O)c1cccc([N+](=O)[O-])c1)[C@@H]1CS(=O)(=O)c2ccc(Cl)cc21. The van der Waals surface area contributed by atoms with Crippen molar-refractivity contribution in [2.75, 3.05) is 12.8 Å². The molecule has 7 nitrogen and oxygen atoms in total. The van der Waals surface area contributed by atoms with E-state index in [9.17, 15) is 23.3 Å². The Balaban J connectivity index is 1.98. The summed E-state index contributed by atoms with van der Waals surface area (Å²) in [5, 5.41) is 11.2. The number of nitro groups is 1. The Labute approximate surface area is 148 Å². The van der Waals surface area contributed by atoms with Gasteiger partial charge in [-0.25, -0.2) is 8.42 Å². The summed E-state index contributed by atoms with van der Waals surface area (Å²) in [6, 6.07) is 9.06. The van der Waals surface area contributed by atoms with Crippen LogP contribution in [0.25, 0.3) is 0 Å². The quantitative estimate of drug-likeness (QED) is 0.602. The van der Waals surface area contributed by atoms with Gasteiger partial charge in [0.15, 0.2) is 9.84 Å². The molecule has 2 aromatic rings. The van der Waals surface area contributed by atoms with Gasteiger partial charge in [-0.3, -0.25) is 14.9 Å². The van der Waals surface area contributed by atoms with Crippen molar-refractivity contribution >= 4 is 33.0 Å². The number of non-ortho nitro benzene ring substituents is 1. The lowest BCUT2D eigenvalue weighted by atomic mass is 10.1. The molecule has 0 bridgehead atoms. The van der Waals surface area contributed by atoms with Gasteiger partial charge < -0.3 is 4.90 Å². The van der Waals surface area contributed by atoms with E-state index in [4.69, 9.17) is 11.6 Å². The van der Waals surface area contributed by atoms with Crippen molar-refractivity contribution in [1.29, 1.82) is 0 Å². The van der Waals surface area contributed by atoms with Gasteiger partial charge in [0.1, 0.15) is 0 Å². The zero-order valence-corrected chi connectivity index (χ0v) is 14.6. The van der Waals surface area contributed by atoms with Crippen LogP contribution in [0.3, 0.4) is 0 Å². The summed E-state index contributed by atoms with van der Waals surface area (Å²) >= 11 is 5.97. The smallest absolute Gasteiger partial charge is 0.270 e. The molecule has 0 saturated carbocycles. The Hall–Kier alpha value is -2.45. The average molecular weight is 381 g/mol. The molecule has 0 unspecified atom stereocenters. The van der Waals surface area contributed by atoms with Gasteiger partial charge >= 0.3 is 0 Å². The highest BCUT2D eigenvalue weighted by Crippen LogP contribution is 2.38. The van der Waals surface area contributed by atoms with E-state index in [1.165, 1.54) is 54.4 Å². The van der Waals surface area contributed by atoms with Gasteiger partial charge in [-0.05, 0) is 29.8 Å². The van der Waals surface area contributed by atoms with E-state index in [0.29, 0.717) is 10.6 Å². The number of halogens is 1. The number of nitro benzene ring substituents is 1. The lowest BCUT2D eigenvalue weighted by Gasteiger charge is -2.24. The molecule has 1 amide bonds. The summed E-state index contributed by atoms with van der Waals surface area (Å²) in [6.07, 6.45) is 0. The van der Waals surface area contributed by atoms with Gasteiger partial charge in [0, 0.05) is 29.8 Å². The lowest BCUT2D eigenvalue weighted by molar-refractivity contribution is -0.384. The molecule has 0 saturated heterocycles. The fourth-order valence-corrected chi connectivity index (χ4v) is 4.88. The average Bonchev–Trinajstić information content (AvgIpc) is 2.84. The van der Waals surface area contributed by atoms with E-state index in [0.717, 1.165) is 0 Å². The van der Waals surface area contributed by atoms with Crippen molar-refractivity contribution in [1.82, 2.24) is 4.90 Å². The van der Waals surface area contributed by atoms with Gasteiger partial charge in [0.2, 0.25) is 0 Å². The van der Waals surface area contributed by atoms with Crippen LogP contribution in [0.2, 0.25) is 5.02 Å². The zero-order chi connectivity index (χ0) is 18.4. The standard InChI is InChI=1S/C16H13ClN2O5S/c1-18(16(20)10-3-2-4-12(7-10)19(21)22)14-9-25(23,24)15-6-5-11(17)8-13(14)15/h2-8,14H,9H2,1H3/t14-/m1/s1. The third-order valence-electron chi connectivity index (χ3n) is 4.13. The van der Waals surface area contributed by atoms with Crippen molar-refractivity contribution in [3.63, 3.8) is 0 Å². The fraction of sp³-hybridized carbons (Fsp3) is 0.188. The van der Waals surface area contributed by atoms with E-state index in [1.807, 2.05) is 0 Å². The number of benzene rings is 2. The van der Waals surface area contributed by atoms with Gasteiger partial charge in [0.25, 0.3) is 11.6 Å². The number of amides is 1. The minimum atomic E-state index is -3.51. The molecule has 0 N–H and O–H groups in total. The summed E-state index contributed by atoms with van der Waals surface area (Å²) in [5.41, 5.74) is 0.361. The predicted octanol–water partition coefficient (Wildman–Crippen LogP) is 2.85. The molecule has 1 atom stereocenters. The minimum absolute atomic E-state index is 0.115. The summed E-state index contributed by atoms with van der Waals surface area (Å²) < 4.78 is 24.6. The Bertz CT molecular complexity index is 990. The number of carbonyl (C=O) groups is 1. The Morgan fingerprint density at radius 2 is 2.00 bits per heavy atom. The zero-order valence-electron chi connectivity index (χ0n) is 13.0. The molecule has 9 heteroatoms. The Morgan fingerprint density at radius 1 is 1.28 bits per heavy atom. The van der Waals surface area contributed by atoms with Gasteiger partial charge in [0.05, 0.1) is 21.6 Å². The van der Waals surface area contributed by atoms with Crippen molar-refractivity contribution in [2.45, 2.75) is 10.9 Å². The topological polar surface area (TPSA) is 97.6 Å². The summed E-state index contributed by atoms with van der Waals surface area (Å²) in [6.45, 7) is 0. The molecule has 1 aliphatic rings. The van der Waals surface area contributed by atoms with Crippen LogP contribution >= 0.6 is 11.6 Å². The van der Waals surface area contributed by atoms with E-state index < -0.39 is 26.7 Å². The number of hydrogen-bond donors (Lipinski definition) is 0. The van der Waals surface area contributed by atoms with Crippen LogP contribution in [0.5, 0.6) is 0 Å². The number of rotatable bonds is 3. The molecule has 0 aliphatic carbocycles. The molecule has 130 valence electrons. The number of nitrogens with zero attached hydrogens (tertiary/aromatic N) is 2. The summed E-state index contributed by atoms with van der Waals surface area (Å²) in [7, 11) is -2.05. The maximum atomic E-state index is 12.7. The second-order valence-electron chi connectivity index (χ2n) is 5.70. The molecule has 0 aromatic heterocycles. The molecular weight excluding hydrogens is 368 g/mol. The highest BCUT2D eigenvalue weighted by atomic mass is 35.5. The van der Waals surface area contributed by atoms with Gasteiger partial charge in [-0.15, -0.1) is 0 Å². The first-order valence-electron chi connectivity index (χ1n) is 7.24. The molecule has 3 rings (SSSR count). The molecule has 1 heterocycles. The first-order valence-corrected chi connectivity index (χ1v) is 9.27. The van der Waals surface area contributed by atoms with Crippen LogP contribution in [0.15, 0.2) is 47.4 Å². The van der Waals surface area contributed by atoms with E-state index in [-0.39, 0.29) is 21.9 Å². The van der Waals surface area contributed by atoms with Crippen molar-refractivity contribution in [3.8, 4) is 0 Å². The number of sulfone groups is 1. The fourth-order valence-electron chi connectivity index (χ4n) is 2.87. The first-order chi connectivity index (χ1) is 11.7. The van der Waals surface area contributed by atoms with E-state index in [1.54, 1.807) is 0 Å². The maximum absolute atomic E-state index is 12.7. The third kappa shape index (κ3) is 3.10. The van der Waals surface area contributed by atoms with Crippen LogP contribution in [-0.4, -0.2) is 36.9 Å². The molecular formula is C16H13ClN2O5S. The number of carbonyl (C=O) groups excluding carboxylic acids is 1. The van der Waals surface area contributed by atoms with Crippen molar-refractivity contribution < 1.29 is 18.1 Å². The second-order valence-corrected chi connectivity index (χ2v) is 8.14. The van der Waals surface area contributed by atoms with Crippen molar-refractivity contribution in [2.24, 2.45) is 0 Å². The minimum Gasteiger partial charge on any atom is -0.334 e. The predicted molar refractivity (Wildman–Crippen MR) is 91.4 cm³/mol. The molecule has 1 aliphatic heterocycles. The second kappa shape index (κ2) is 6.12. The lowest BCUT2D eigenvalue weighted by Crippen LogP contribution is -2.32. The van der Waals surface area contributed by atoms with Crippen molar-refractivity contribution in [3.05, 3.63) is 68.7 Å². The third-order valence-corrected chi connectivity index (χ3v) is 6.17. The number of hydrogen-bond acceptors (Lipinski definition) is 5. The highest BCUT2D eigenvalue weighted by molar-refractivity contribution is 7.91. The molecule has 0 spiro atoms. The van der Waals surface area contributed by atoms with Gasteiger partial charge in [-0.1, -0.05) is 17.7 Å². The van der Waals surface area contributed by atoms with E-state index >= 15 is 0 Å². The van der Waals surface area contributed by atoms with Gasteiger partial charge in [-0.2, -0.15) is 0 Å². The van der Waals surface area contributed by atoms with Crippen LogP contribution in [0.1, 0.15) is 22.0 Å². The maximum Gasteiger partial charge on any atom is 0.270 e. The monoisotopic (exact) mass is 380 g/mol. The molecule has 2 aromatic carbocycles.